The summed E-state index contributed by atoms with van der Waals surface area (Å²) in [4.78, 5) is 43.8. The maximum atomic E-state index is 15.9. The Labute approximate surface area is 397 Å². The Morgan fingerprint density at radius 3 is 2.57 bits per heavy atom. The normalized spacial score (nSPS) is 38.9. The summed E-state index contributed by atoms with van der Waals surface area (Å²) in [6.07, 6.45) is 8.44. The van der Waals surface area contributed by atoms with Crippen molar-refractivity contribution in [3.63, 3.8) is 0 Å². The van der Waals surface area contributed by atoms with E-state index >= 15 is 9.59 Å². The first kappa shape index (κ1) is 46.7. The average molecular weight is 957 g/mol. The molecule has 5 aliphatic carbocycles. The highest BCUT2D eigenvalue weighted by Crippen LogP contribution is 2.69. The number of aliphatic hydroxyl groups excluding tert-OH is 6. The van der Waals surface area contributed by atoms with Crippen molar-refractivity contribution in [3.05, 3.63) is 112 Å². The second kappa shape index (κ2) is 17.8. The summed E-state index contributed by atoms with van der Waals surface area (Å²) in [5, 5.41) is 88.3. The van der Waals surface area contributed by atoms with Gasteiger partial charge < -0.3 is 60.6 Å². The first-order valence-electron chi connectivity index (χ1n) is 23.6. The summed E-state index contributed by atoms with van der Waals surface area (Å²) in [6, 6.07) is 11.9. The molecule has 10 rings (SSSR count). The topological polar surface area (TPSA) is 235 Å². The minimum Gasteiger partial charge on any atom is -0.511 e. The number of dihydropyridines is 1. The number of hydrogen-bond acceptors (Lipinski definition) is 16. The second-order valence-corrected chi connectivity index (χ2v) is 22.7. The van der Waals surface area contributed by atoms with Gasteiger partial charge in [0.05, 0.1) is 36.4 Å². The van der Waals surface area contributed by atoms with Crippen molar-refractivity contribution in [2.45, 2.75) is 112 Å². The van der Waals surface area contributed by atoms with E-state index in [0.29, 0.717) is 55.1 Å². The maximum absolute atomic E-state index is 15.9. The number of ketones is 2. The Kier molecular flexibility index (Phi) is 12.4. The predicted molar refractivity (Wildman–Crippen MR) is 250 cm³/mol. The van der Waals surface area contributed by atoms with E-state index in [1.807, 2.05) is 24.3 Å². The quantitative estimate of drug-likeness (QED) is 0.129. The smallest absolute Gasteiger partial charge is 0.229 e. The molecule has 0 aromatic heterocycles. The van der Waals surface area contributed by atoms with Gasteiger partial charge in [-0.2, -0.15) is 0 Å². The second-order valence-electron chi connectivity index (χ2n) is 20.1. The lowest BCUT2D eigenvalue weighted by atomic mass is 9.51. The number of carbonyl (C=O) groups is 3. The fraction of sp³-hybridized carbons (Fsp3) is 0.549. The van der Waals surface area contributed by atoms with E-state index in [1.165, 1.54) is 39.8 Å². The first-order valence-corrected chi connectivity index (χ1v) is 26.0. The fourth-order valence-electron chi connectivity index (χ4n) is 13.8. The van der Waals surface area contributed by atoms with Crippen molar-refractivity contribution < 1.29 is 59.6 Å². The maximum Gasteiger partial charge on any atom is 0.229 e. The largest absolute Gasteiger partial charge is 0.511 e. The number of Topliss-reactive ketones (excluding diaryl/α,β-unsaturated/α-hetero) is 2. The molecular formula is C51H60N2O12S2. The van der Waals surface area contributed by atoms with E-state index in [0.717, 1.165) is 36.7 Å². The standard InChI is InChI=1S/C51H60N2O12S2/c54-18-4-10-39-50-35(21-31(22-38(50)58)20-29-5-1-6-30(19-29)24-55)42(59)34-8-2-9-36(41(34)43(50)60)64-45-44(61)51(63)37(11-14-49(27-57,65-45)46(51)62)48(16-15-47(26-48)13-3-7-33(47)25-56)32-12-17-52-40(23-32)53-28-66-67-39/h1-2,5-6,8-9,12,19,21-23,25,33,35,37,39,44-46,52-55,57-58,61-63H,3-4,7,10-11,13-18,20,24,26-28H2. The van der Waals surface area contributed by atoms with Crippen LogP contribution >= 0.6 is 21.6 Å². The minimum atomic E-state index is -2.34. The third-order valence-electron chi connectivity index (χ3n) is 17.0. The van der Waals surface area contributed by atoms with E-state index in [-0.39, 0.29) is 72.9 Å². The Morgan fingerprint density at radius 2 is 1.78 bits per heavy atom. The van der Waals surface area contributed by atoms with Gasteiger partial charge in [0.1, 0.15) is 46.6 Å². The van der Waals surface area contributed by atoms with Crippen molar-refractivity contribution in [1.29, 1.82) is 0 Å². The van der Waals surface area contributed by atoms with Gasteiger partial charge in [0.2, 0.25) is 6.29 Å². The van der Waals surface area contributed by atoms with Gasteiger partial charge in [-0.15, -0.1) is 0 Å². The lowest BCUT2D eigenvalue weighted by molar-refractivity contribution is -0.383. The van der Waals surface area contributed by atoms with E-state index in [1.54, 1.807) is 18.2 Å². The molecule has 12 unspecified atom stereocenters. The van der Waals surface area contributed by atoms with Crippen LogP contribution in [-0.4, -0.2) is 114 Å². The van der Waals surface area contributed by atoms with Gasteiger partial charge >= 0.3 is 0 Å². The first-order chi connectivity index (χ1) is 32.3. The number of fused-ring (bicyclic) bond motifs is 5. The molecule has 12 atom stereocenters. The molecule has 4 fully saturated rings. The van der Waals surface area contributed by atoms with E-state index in [9.17, 15) is 40.5 Å². The summed E-state index contributed by atoms with van der Waals surface area (Å²) >= 11 is 0. The Balaban J connectivity index is 1.13. The molecule has 3 spiro atoms. The molecular weight excluding hydrogens is 897 g/mol. The number of aliphatic hydroxyl groups is 7. The number of nitrogens with one attached hydrogen (secondary N) is 2. The minimum absolute atomic E-state index is 0.0265. The predicted octanol–water partition coefficient (Wildman–Crippen LogP) is 4.72. The summed E-state index contributed by atoms with van der Waals surface area (Å²) in [7, 11) is 2.76. The number of rotatable bonds is 8. The molecule has 0 amide bonds. The highest BCUT2D eigenvalue weighted by atomic mass is 33.1. The van der Waals surface area contributed by atoms with Crippen LogP contribution in [0, 0.1) is 34.0 Å². The molecule has 14 nitrogen and oxygen atoms in total. The van der Waals surface area contributed by atoms with Crippen molar-refractivity contribution in [3.8, 4) is 5.75 Å². The zero-order valence-corrected chi connectivity index (χ0v) is 38.9. The molecule has 3 saturated carbocycles. The molecule has 358 valence electrons. The third kappa shape index (κ3) is 7.13. The molecule has 16 heteroatoms. The van der Waals surface area contributed by atoms with Gasteiger partial charge in [0.25, 0.3) is 0 Å². The van der Waals surface area contributed by atoms with Crippen LogP contribution in [0.4, 0.5) is 0 Å². The number of carbonyl (C=O) groups excluding carboxylic acids is 3. The van der Waals surface area contributed by atoms with Crippen molar-refractivity contribution in [1.82, 2.24) is 10.6 Å². The number of hydrogen-bond donors (Lipinski definition) is 9. The van der Waals surface area contributed by atoms with Crippen LogP contribution < -0.4 is 15.4 Å². The molecule has 3 aliphatic heterocycles. The zero-order valence-electron chi connectivity index (χ0n) is 37.3. The van der Waals surface area contributed by atoms with E-state index in [2.05, 4.69) is 16.7 Å². The highest BCUT2D eigenvalue weighted by molar-refractivity contribution is 8.76. The van der Waals surface area contributed by atoms with Crippen LogP contribution in [-0.2, 0) is 22.6 Å². The van der Waals surface area contributed by atoms with Crippen molar-refractivity contribution in [2.75, 3.05) is 25.6 Å². The number of ether oxygens (including phenoxy) is 2. The fourth-order valence-corrected chi connectivity index (χ4v) is 16.7. The summed E-state index contributed by atoms with van der Waals surface area (Å²) in [5.74, 6) is -2.68. The van der Waals surface area contributed by atoms with Crippen LogP contribution in [0.15, 0.2) is 89.5 Å². The number of aldehydes is 1. The lowest BCUT2D eigenvalue weighted by Crippen LogP contribution is -2.79. The molecule has 1 saturated heterocycles. The monoisotopic (exact) mass is 956 g/mol. The van der Waals surface area contributed by atoms with Crippen LogP contribution in [0.5, 0.6) is 5.75 Å². The van der Waals surface area contributed by atoms with Crippen LogP contribution in [0.25, 0.3) is 0 Å². The molecule has 2 aromatic carbocycles. The highest BCUT2D eigenvalue weighted by Gasteiger charge is 2.73. The van der Waals surface area contributed by atoms with Gasteiger partial charge in [-0.25, -0.2) is 0 Å². The van der Waals surface area contributed by atoms with E-state index < -0.39 is 75.8 Å². The third-order valence-corrected chi connectivity index (χ3v) is 19.7. The van der Waals surface area contributed by atoms with Gasteiger partial charge in [0.15, 0.2) is 11.6 Å². The van der Waals surface area contributed by atoms with Gasteiger partial charge in [0, 0.05) is 41.2 Å². The van der Waals surface area contributed by atoms with Crippen LogP contribution in [0.2, 0.25) is 0 Å². The Hall–Kier alpha value is -3.97. The van der Waals surface area contributed by atoms with Gasteiger partial charge in [-0.05, 0) is 110 Å². The summed E-state index contributed by atoms with van der Waals surface area (Å²) in [5.41, 5.74) is -4.26. The molecule has 8 aliphatic rings. The lowest BCUT2D eigenvalue weighted by Gasteiger charge is -2.63. The SMILES string of the molecule is O=CC1CCCC12CCC1(C2)C2=CCNC(=C2)NCSSC(CCCO)C23C(=O)c4c(cccc4C(=O)C2C=C(Cc2cccc(CO)c2)C=C3O)OC2OC3(CO)CCC1C(O)(C2O)C3O. The summed E-state index contributed by atoms with van der Waals surface area (Å²) < 4.78 is 13.0. The molecule has 7 bridgehead atoms. The van der Waals surface area contributed by atoms with Gasteiger partial charge in [-0.3, -0.25) is 9.59 Å². The number of allylic oxidation sites excluding steroid dienone is 6. The Morgan fingerprint density at radius 1 is 0.955 bits per heavy atom. The molecule has 3 heterocycles. The molecule has 9 N–H and O–H groups in total. The average Bonchev–Trinajstić information content (AvgIpc) is 3.93. The summed E-state index contributed by atoms with van der Waals surface area (Å²) in [6.45, 7) is -0.665. The van der Waals surface area contributed by atoms with Gasteiger partial charge in [-0.1, -0.05) is 76.6 Å². The molecule has 2 aromatic rings. The molecule has 0 radical (unpaired) electrons. The Bertz CT molecular complexity index is 2460. The van der Waals surface area contributed by atoms with Crippen LogP contribution in [0.1, 0.15) is 96.1 Å². The van der Waals surface area contributed by atoms with Crippen molar-refractivity contribution in [2.24, 2.45) is 34.0 Å². The van der Waals surface area contributed by atoms with E-state index in [4.69, 9.17) is 9.47 Å². The van der Waals surface area contributed by atoms with Crippen molar-refractivity contribution >= 4 is 39.4 Å². The molecule has 67 heavy (non-hydrogen) atoms. The van der Waals surface area contributed by atoms with Crippen LogP contribution in [0.3, 0.4) is 0 Å². The number of benzene rings is 2. The zero-order chi connectivity index (χ0) is 46.9.